The molecular weight excluding hydrogens is 216 g/mol. The molecule has 0 radical (unpaired) electrons. The molecule has 0 heteroatoms. The van der Waals surface area contributed by atoms with Crippen molar-refractivity contribution >= 4 is 0 Å². The Bertz CT molecular complexity index is 312. The van der Waals surface area contributed by atoms with Crippen molar-refractivity contribution < 1.29 is 0 Å². The Balaban J connectivity index is 3.52. The molecule has 0 heterocycles. The average molecular weight is 252 g/mol. The summed E-state index contributed by atoms with van der Waals surface area (Å²) in [6.45, 7) is 27.3. The van der Waals surface area contributed by atoms with Crippen LogP contribution in [0.3, 0.4) is 0 Å². The minimum atomic E-state index is 0.320. The lowest BCUT2D eigenvalue weighted by Gasteiger charge is -2.71. The van der Waals surface area contributed by atoms with E-state index < -0.39 is 0 Å². The summed E-state index contributed by atoms with van der Waals surface area (Å²) in [6.07, 6.45) is 1.32. The number of rotatable bonds is 1. The van der Waals surface area contributed by atoms with Crippen LogP contribution in [0, 0.1) is 33.0 Å². The van der Waals surface area contributed by atoms with Gasteiger partial charge in [-0.05, 0) is 39.4 Å². The van der Waals surface area contributed by atoms with Crippen LogP contribution >= 0.6 is 0 Å². The van der Waals surface area contributed by atoms with Crippen molar-refractivity contribution in [2.45, 2.75) is 82.6 Å². The lowest BCUT2D eigenvalue weighted by molar-refractivity contribution is -0.228. The van der Waals surface area contributed by atoms with Gasteiger partial charge in [-0.2, -0.15) is 0 Å². The molecule has 1 saturated carbocycles. The summed E-state index contributed by atoms with van der Waals surface area (Å²) in [5.41, 5.74) is 1.78. The molecule has 0 aliphatic heterocycles. The summed E-state index contributed by atoms with van der Waals surface area (Å²) in [5, 5.41) is 0. The quantitative estimate of drug-likeness (QED) is 0.524. The molecule has 0 aromatic heterocycles. The second-order valence-electron chi connectivity index (χ2n) is 9.51. The summed E-state index contributed by atoms with van der Waals surface area (Å²) in [4.78, 5) is 0. The van der Waals surface area contributed by atoms with Gasteiger partial charge in [0.25, 0.3) is 0 Å². The second-order valence-corrected chi connectivity index (χ2v) is 9.51. The van der Waals surface area contributed by atoms with Crippen LogP contribution in [0.2, 0.25) is 0 Å². The van der Waals surface area contributed by atoms with Crippen LogP contribution in [-0.4, -0.2) is 0 Å². The molecule has 0 saturated heterocycles. The Morgan fingerprint density at radius 2 is 1.00 bits per heavy atom. The maximum atomic E-state index is 2.52. The van der Waals surface area contributed by atoms with Gasteiger partial charge >= 0.3 is 0 Å². The van der Waals surface area contributed by atoms with Gasteiger partial charge in [0.15, 0.2) is 0 Å². The predicted octanol–water partition coefficient (Wildman–Crippen LogP) is 6.16. The van der Waals surface area contributed by atoms with Crippen LogP contribution in [0.5, 0.6) is 0 Å². The first-order valence-corrected chi connectivity index (χ1v) is 7.65. The van der Waals surface area contributed by atoms with Gasteiger partial charge in [0.2, 0.25) is 0 Å². The van der Waals surface area contributed by atoms with Gasteiger partial charge in [-0.1, -0.05) is 76.2 Å². The topological polar surface area (TPSA) is 0 Å². The SMILES string of the molecule is CC(C)C1(C)CC(C)(C)C(C)(C)C(C)(C)C1(C)C. The molecule has 0 amide bonds. The van der Waals surface area contributed by atoms with Crippen LogP contribution < -0.4 is 0 Å². The molecule has 0 bridgehead atoms. The van der Waals surface area contributed by atoms with Gasteiger partial charge in [0.05, 0.1) is 0 Å². The third-order valence-electron chi connectivity index (χ3n) is 8.33. The summed E-state index contributed by atoms with van der Waals surface area (Å²) in [5.74, 6) is 0.724. The van der Waals surface area contributed by atoms with Crippen LogP contribution in [0.15, 0.2) is 0 Å². The van der Waals surface area contributed by atoms with E-state index in [1.807, 2.05) is 0 Å². The van der Waals surface area contributed by atoms with Crippen LogP contribution in [0.25, 0.3) is 0 Å². The lowest BCUT2D eigenvalue weighted by atomic mass is 9.33. The molecule has 0 aromatic carbocycles. The van der Waals surface area contributed by atoms with Crippen molar-refractivity contribution in [2.75, 3.05) is 0 Å². The van der Waals surface area contributed by atoms with Crippen molar-refractivity contribution in [2.24, 2.45) is 33.0 Å². The van der Waals surface area contributed by atoms with Crippen molar-refractivity contribution in [3.8, 4) is 0 Å². The molecule has 1 aliphatic carbocycles. The van der Waals surface area contributed by atoms with E-state index in [1.165, 1.54) is 6.42 Å². The number of hydrogen-bond acceptors (Lipinski definition) is 0. The second kappa shape index (κ2) is 3.76. The van der Waals surface area contributed by atoms with E-state index in [-0.39, 0.29) is 0 Å². The van der Waals surface area contributed by atoms with E-state index in [2.05, 4.69) is 76.2 Å². The Hall–Kier alpha value is 0. The van der Waals surface area contributed by atoms with Gasteiger partial charge < -0.3 is 0 Å². The fourth-order valence-corrected chi connectivity index (χ4v) is 4.63. The molecule has 1 aliphatic rings. The van der Waals surface area contributed by atoms with E-state index >= 15 is 0 Å². The van der Waals surface area contributed by atoms with Gasteiger partial charge in [-0.15, -0.1) is 0 Å². The predicted molar refractivity (Wildman–Crippen MR) is 82.7 cm³/mol. The standard InChI is InChI=1S/C18H36/c1-13(2)18(11)12-14(3,4)15(5,6)16(7,8)17(18,9)10/h13H,12H2,1-11H3. The molecule has 18 heavy (non-hydrogen) atoms. The first-order valence-electron chi connectivity index (χ1n) is 7.65. The first kappa shape index (κ1) is 16.1. The summed E-state index contributed by atoms with van der Waals surface area (Å²) < 4.78 is 0. The highest BCUT2D eigenvalue weighted by Gasteiger charge is 2.66. The molecule has 108 valence electrons. The minimum Gasteiger partial charge on any atom is -0.0622 e. The molecule has 1 atom stereocenters. The van der Waals surface area contributed by atoms with Crippen molar-refractivity contribution in [3.05, 3.63) is 0 Å². The van der Waals surface area contributed by atoms with Crippen molar-refractivity contribution in [1.82, 2.24) is 0 Å². The van der Waals surface area contributed by atoms with E-state index in [9.17, 15) is 0 Å². The van der Waals surface area contributed by atoms with Gasteiger partial charge in [0, 0.05) is 0 Å². The van der Waals surface area contributed by atoms with E-state index in [4.69, 9.17) is 0 Å². The largest absolute Gasteiger partial charge is 0.0622 e. The third kappa shape index (κ3) is 1.56. The molecule has 1 rings (SSSR count). The smallest absolute Gasteiger partial charge is 0.0241 e. The summed E-state index contributed by atoms with van der Waals surface area (Å²) in [6, 6.07) is 0. The fourth-order valence-electron chi connectivity index (χ4n) is 4.63. The monoisotopic (exact) mass is 252 g/mol. The third-order valence-corrected chi connectivity index (χ3v) is 8.33. The average Bonchev–Trinajstić information content (AvgIpc) is 2.13. The lowest BCUT2D eigenvalue weighted by Crippen LogP contribution is -2.64. The maximum absolute atomic E-state index is 2.52. The van der Waals surface area contributed by atoms with Gasteiger partial charge in [-0.25, -0.2) is 0 Å². The highest BCUT2D eigenvalue weighted by atomic mass is 14.7. The molecule has 1 fully saturated rings. The van der Waals surface area contributed by atoms with Gasteiger partial charge in [-0.3, -0.25) is 0 Å². The molecule has 0 nitrogen and oxygen atoms in total. The zero-order valence-electron chi connectivity index (χ0n) is 14.8. The van der Waals surface area contributed by atoms with Crippen LogP contribution in [-0.2, 0) is 0 Å². The maximum Gasteiger partial charge on any atom is -0.0241 e. The van der Waals surface area contributed by atoms with Crippen molar-refractivity contribution in [3.63, 3.8) is 0 Å². The minimum absolute atomic E-state index is 0.320. The highest BCUT2D eigenvalue weighted by molar-refractivity contribution is 5.14. The van der Waals surface area contributed by atoms with E-state index in [0.717, 1.165) is 5.92 Å². The highest BCUT2D eigenvalue weighted by Crippen LogP contribution is 2.73. The molecule has 1 unspecified atom stereocenters. The summed E-state index contributed by atoms with van der Waals surface area (Å²) in [7, 11) is 0. The first-order chi connectivity index (χ1) is 7.65. The molecular formula is C18H36. The number of hydrogen-bond donors (Lipinski definition) is 0. The van der Waals surface area contributed by atoms with E-state index in [0.29, 0.717) is 27.1 Å². The molecule has 0 spiro atoms. The van der Waals surface area contributed by atoms with Crippen LogP contribution in [0.1, 0.15) is 82.6 Å². The zero-order valence-corrected chi connectivity index (χ0v) is 14.8. The zero-order chi connectivity index (χ0) is 14.8. The molecule has 0 aromatic rings. The van der Waals surface area contributed by atoms with Gasteiger partial charge in [0.1, 0.15) is 0 Å². The van der Waals surface area contributed by atoms with Crippen molar-refractivity contribution in [1.29, 1.82) is 0 Å². The Kier molecular flexibility index (Phi) is 3.36. The Morgan fingerprint density at radius 1 is 0.611 bits per heavy atom. The Morgan fingerprint density at radius 3 is 1.33 bits per heavy atom. The molecule has 0 N–H and O–H groups in total. The van der Waals surface area contributed by atoms with E-state index in [1.54, 1.807) is 0 Å². The Labute approximate surface area is 116 Å². The summed E-state index contributed by atoms with van der Waals surface area (Å²) >= 11 is 0. The van der Waals surface area contributed by atoms with Crippen LogP contribution in [0.4, 0.5) is 0 Å². The normalized spacial score (nSPS) is 36.7. The fraction of sp³-hybridized carbons (Fsp3) is 1.00.